The summed E-state index contributed by atoms with van der Waals surface area (Å²) in [4.78, 5) is 20.8. The molecule has 26 heavy (non-hydrogen) atoms. The van der Waals surface area contributed by atoms with E-state index in [1.807, 2.05) is 20.8 Å². The van der Waals surface area contributed by atoms with Crippen molar-refractivity contribution in [1.82, 2.24) is 14.9 Å². The molecule has 0 atom stereocenters. The Kier molecular flexibility index (Phi) is 6.11. The molecule has 0 unspecified atom stereocenters. The Balaban J connectivity index is 1.84. The maximum Gasteiger partial charge on any atom is 0.433 e. The van der Waals surface area contributed by atoms with E-state index in [1.54, 1.807) is 4.90 Å². The summed E-state index contributed by atoms with van der Waals surface area (Å²) < 4.78 is 43.2. The minimum Gasteiger partial charge on any atom is -0.444 e. The van der Waals surface area contributed by atoms with Crippen LogP contribution < -0.4 is 0 Å². The van der Waals surface area contributed by atoms with Crippen molar-refractivity contribution in [2.24, 2.45) is 5.92 Å². The molecule has 1 aromatic heterocycles. The van der Waals surface area contributed by atoms with Crippen molar-refractivity contribution in [2.45, 2.75) is 51.8 Å². The molecule has 1 aliphatic rings. The molecule has 1 amide bonds. The number of likely N-dealkylation sites (tertiary alicyclic amines) is 1. The number of ether oxygens (including phenoxy) is 1. The molecule has 8 heteroatoms. The molecule has 0 spiro atoms. The number of halogens is 3. The highest BCUT2D eigenvalue weighted by molar-refractivity contribution is 5.68. The largest absolute Gasteiger partial charge is 0.444 e. The van der Waals surface area contributed by atoms with Gasteiger partial charge in [0.1, 0.15) is 11.3 Å². The van der Waals surface area contributed by atoms with Crippen molar-refractivity contribution < 1.29 is 22.7 Å². The predicted molar refractivity (Wildman–Crippen MR) is 89.1 cm³/mol. The summed E-state index contributed by atoms with van der Waals surface area (Å²) in [6.45, 7) is 6.64. The highest BCUT2D eigenvalue weighted by Crippen LogP contribution is 2.27. The molecule has 5 nitrogen and oxygen atoms in total. The van der Waals surface area contributed by atoms with Crippen LogP contribution in [0.25, 0.3) is 0 Å². The summed E-state index contributed by atoms with van der Waals surface area (Å²) in [6.07, 6.45) is -1.69. The van der Waals surface area contributed by atoms with Crippen LogP contribution in [-0.4, -0.2) is 39.7 Å². The van der Waals surface area contributed by atoms with Gasteiger partial charge in [-0.1, -0.05) is 5.92 Å². The number of alkyl halides is 3. The van der Waals surface area contributed by atoms with Gasteiger partial charge in [0.15, 0.2) is 0 Å². The molecule has 0 aliphatic carbocycles. The zero-order valence-electron chi connectivity index (χ0n) is 15.1. The number of carbonyl (C=O) groups is 1. The van der Waals surface area contributed by atoms with Crippen LogP contribution in [0, 0.1) is 17.8 Å². The number of rotatable bonds is 1. The SMILES string of the molecule is CC(C)(C)OC(=O)N1CCC(CC#Cc2nccc(C(F)(F)F)n2)CC1. The number of nitrogens with zero attached hydrogens (tertiary/aromatic N) is 3. The molecule has 1 aromatic rings. The second-order valence-corrected chi connectivity index (χ2v) is 7.18. The molecule has 0 radical (unpaired) electrons. The normalized spacial score (nSPS) is 16.0. The van der Waals surface area contributed by atoms with Crippen LogP contribution >= 0.6 is 0 Å². The van der Waals surface area contributed by atoms with Crippen molar-refractivity contribution in [1.29, 1.82) is 0 Å². The second kappa shape index (κ2) is 7.94. The fourth-order valence-electron chi connectivity index (χ4n) is 2.50. The van der Waals surface area contributed by atoms with Gasteiger partial charge in [-0.05, 0) is 51.5 Å². The van der Waals surface area contributed by atoms with Crippen LogP contribution in [-0.2, 0) is 10.9 Å². The fourth-order valence-corrected chi connectivity index (χ4v) is 2.50. The first kappa shape index (κ1) is 20.0. The van der Waals surface area contributed by atoms with Crippen LogP contribution in [0.3, 0.4) is 0 Å². The van der Waals surface area contributed by atoms with Crippen molar-refractivity contribution in [3.63, 3.8) is 0 Å². The Hall–Kier alpha value is -2.30. The topological polar surface area (TPSA) is 55.3 Å². The van der Waals surface area contributed by atoms with E-state index in [4.69, 9.17) is 4.74 Å². The molecule has 2 heterocycles. The first-order chi connectivity index (χ1) is 12.0. The third-order valence-electron chi connectivity index (χ3n) is 3.80. The van der Waals surface area contributed by atoms with Crippen LogP contribution in [0.5, 0.6) is 0 Å². The van der Waals surface area contributed by atoms with E-state index in [9.17, 15) is 18.0 Å². The smallest absolute Gasteiger partial charge is 0.433 e. The Morgan fingerprint density at radius 2 is 1.96 bits per heavy atom. The number of aromatic nitrogens is 2. The summed E-state index contributed by atoms with van der Waals surface area (Å²) in [5, 5.41) is 0. The standard InChI is InChI=1S/C18H22F3N3O2/c1-17(2,3)26-16(25)24-11-8-13(9-12-24)5-4-6-15-22-10-7-14(23-15)18(19,20)21/h7,10,13H,5,8-9,11-12H2,1-3H3. The Bertz CT molecular complexity index is 694. The summed E-state index contributed by atoms with van der Waals surface area (Å²) in [7, 11) is 0. The zero-order chi connectivity index (χ0) is 19.4. The lowest BCUT2D eigenvalue weighted by atomic mass is 9.94. The predicted octanol–water partition coefficient (Wildman–Crippen LogP) is 3.88. The molecule has 1 fully saturated rings. The van der Waals surface area contributed by atoms with Gasteiger partial charge in [-0.25, -0.2) is 14.8 Å². The van der Waals surface area contributed by atoms with Gasteiger partial charge in [-0.3, -0.25) is 0 Å². The lowest BCUT2D eigenvalue weighted by Gasteiger charge is -2.32. The Labute approximate surface area is 151 Å². The average molecular weight is 369 g/mol. The van der Waals surface area contributed by atoms with E-state index in [-0.39, 0.29) is 17.8 Å². The maximum absolute atomic E-state index is 12.6. The van der Waals surface area contributed by atoms with Gasteiger partial charge in [0.05, 0.1) is 0 Å². The molecule has 1 aliphatic heterocycles. The first-order valence-corrected chi connectivity index (χ1v) is 8.41. The summed E-state index contributed by atoms with van der Waals surface area (Å²) in [5.74, 6) is 5.60. The third kappa shape index (κ3) is 6.21. The van der Waals surface area contributed by atoms with Crippen molar-refractivity contribution in [3.05, 3.63) is 23.8 Å². The molecule has 0 aromatic carbocycles. The van der Waals surface area contributed by atoms with Crippen LogP contribution in [0.1, 0.15) is 51.6 Å². The van der Waals surface area contributed by atoms with E-state index < -0.39 is 17.5 Å². The van der Waals surface area contributed by atoms with Crippen LogP contribution in [0.15, 0.2) is 12.3 Å². The average Bonchev–Trinajstić information content (AvgIpc) is 2.53. The van der Waals surface area contributed by atoms with Crippen LogP contribution in [0.2, 0.25) is 0 Å². The number of hydrogen-bond acceptors (Lipinski definition) is 4. The Morgan fingerprint density at radius 3 is 2.54 bits per heavy atom. The van der Waals surface area contributed by atoms with Crippen LogP contribution in [0.4, 0.5) is 18.0 Å². The molecule has 142 valence electrons. The van der Waals surface area contributed by atoms with Gasteiger partial charge < -0.3 is 9.64 Å². The monoisotopic (exact) mass is 369 g/mol. The lowest BCUT2D eigenvalue weighted by molar-refractivity contribution is -0.141. The summed E-state index contributed by atoms with van der Waals surface area (Å²) >= 11 is 0. The number of carbonyl (C=O) groups excluding carboxylic acids is 1. The van der Waals surface area contributed by atoms with Crippen molar-refractivity contribution >= 4 is 6.09 Å². The fraction of sp³-hybridized carbons (Fsp3) is 0.611. The molecule has 0 N–H and O–H groups in total. The van der Waals surface area contributed by atoms with Gasteiger partial charge in [-0.15, -0.1) is 0 Å². The summed E-state index contributed by atoms with van der Waals surface area (Å²) in [6, 6.07) is 0.817. The summed E-state index contributed by atoms with van der Waals surface area (Å²) in [5.41, 5.74) is -1.52. The van der Waals surface area contributed by atoms with E-state index >= 15 is 0 Å². The molecular formula is C18H22F3N3O2. The number of piperidine rings is 1. The van der Waals surface area contributed by atoms with E-state index in [0.717, 1.165) is 25.1 Å². The van der Waals surface area contributed by atoms with Gasteiger partial charge in [-0.2, -0.15) is 13.2 Å². The molecular weight excluding hydrogens is 347 g/mol. The number of amides is 1. The minimum absolute atomic E-state index is 0.133. The molecule has 0 bridgehead atoms. The highest BCUT2D eigenvalue weighted by atomic mass is 19.4. The van der Waals surface area contributed by atoms with Gasteiger partial charge >= 0.3 is 12.3 Å². The Morgan fingerprint density at radius 1 is 1.31 bits per heavy atom. The van der Waals surface area contributed by atoms with Crippen molar-refractivity contribution in [3.8, 4) is 11.8 Å². The van der Waals surface area contributed by atoms with Crippen molar-refractivity contribution in [2.75, 3.05) is 13.1 Å². The molecule has 1 saturated heterocycles. The van der Waals surface area contributed by atoms with E-state index in [2.05, 4.69) is 21.8 Å². The minimum atomic E-state index is -4.51. The highest BCUT2D eigenvalue weighted by Gasteiger charge is 2.32. The zero-order valence-corrected chi connectivity index (χ0v) is 15.1. The lowest BCUT2D eigenvalue weighted by Crippen LogP contribution is -2.41. The van der Waals surface area contributed by atoms with Gasteiger partial charge in [0.2, 0.25) is 5.82 Å². The van der Waals surface area contributed by atoms with Gasteiger partial charge in [0.25, 0.3) is 0 Å². The third-order valence-corrected chi connectivity index (χ3v) is 3.80. The molecule has 0 saturated carbocycles. The van der Waals surface area contributed by atoms with Gasteiger partial charge in [0, 0.05) is 25.7 Å². The number of hydrogen-bond donors (Lipinski definition) is 0. The van der Waals surface area contributed by atoms with E-state index in [0.29, 0.717) is 19.5 Å². The quantitative estimate of drug-likeness (QED) is 0.705. The maximum atomic E-state index is 12.6. The molecule has 2 rings (SSSR count). The van der Waals surface area contributed by atoms with E-state index in [1.165, 1.54) is 0 Å². The first-order valence-electron chi connectivity index (χ1n) is 8.41. The second-order valence-electron chi connectivity index (χ2n) is 7.18.